The van der Waals surface area contributed by atoms with Gasteiger partial charge in [-0.25, -0.2) is 0 Å². The minimum absolute atomic E-state index is 0.768. The first kappa shape index (κ1) is 9.19. The molecular weight excluding hydrogens is 193 g/mol. The Hall–Kier alpha value is -0.900. The highest BCUT2D eigenvalue weighted by molar-refractivity contribution is 6.32. The summed E-state index contributed by atoms with van der Waals surface area (Å²) in [5, 5.41) is 9.88. The third kappa shape index (κ3) is 1.64. The van der Waals surface area contributed by atoms with E-state index < -0.39 is 22.5 Å². The van der Waals surface area contributed by atoms with Gasteiger partial charge < -0.3 is 0 Å². The summed E-state index contributed by atoms with van der Waals surface area (Å²) >= 11 is 5.15. The fourth-order valence-corrected chi connectivity index (χ4v) is 0.963. The summed E-state index contributed by atoms with van der Waals surface area (Å²) in [6.45, 7) is 0. The van der Waals surface area contributed by atoms with E-state index in [4.69, 9.17) is 11.6 Å². The molecule has 0 fully saturated rings. The van der Waals surface area contributed by atoms with Gasteiger partial charge in [0.05, 0.1) is 5.56 Å². The second kappa shape index (κ2) is 2.86. The molecule has 12 heavy (non-hydrogen) atoms. The number of hydrogen-bond donors (Lipinski definition) is 0. The van der Waals surface area contributed by atoms with Crippen molar-refractivity contribution in [2.45, 2.75) is 6.18 Å². The molecule has 1 aromatic carbocycles. The van der Waals surface area contributed by atoms with Crippen molar-refractivity contribution in [3.05, 3.63) is 28.8 Å². The molecule has 0 bridgehead atoms. The van der Waals surface area contributed by atoms with Gasteiger partial charge in [-0.3, -0.25) is 5.11 Å². The lowest BCUT2D eigenvalue weighted by atomic mass is 10.2. The standard InChI is InChI=1S/C7H3ClF3O/c8-6-4(7(9,10)11)2-1-3-5(6)12/h1-3H. The van der Waals surface area contributed by atoms with Crippen LogP contribution in [0.2, 0.25) is 5.02 Å². The quantitative estimate of drug-likeness (QED) is 0.604. The van der Waals surface area contributed by atoms with Crippen LogP contribution in [0.25, 0.3) is 0 Å². The van der Waals surface area contributed by atoms with Gasteiger partial charge in [0.2, 0.25) is 0 Å². The van der Waals surface area contributed by atoms with Crippen molar-refractivity contribution in [1.82, 2.24) is 0 Å². The maximum absolute atomic E-state index is 12.0. The molecule has 0 saturated heterocycles. The van der Waals surface area contributed by atoms with Gasteiger partial charge in [-0.15, -0.1) is 0 Å². The Labute approximate surface area is 71.4 Å². The van der Waals surface area contributed by atoms with Crippen LogP contribution in [0.1, 0.15) is 5.56 Å². The molecule has 0 heterocycles. The van der Waals surface area contributed by atoms with Gasteiger partial charge in [0.15, 0.2) is 5.75 Å². The fourth-order valence-electron chi connectivity index (χ4n) is 0.730. The summed E-state index contributed by atoms with van der Waals surface area (Å²) in [6, 6.07) is 2.78. The van der Waals surface area contributed by atoms with E-state index in [1.807, 2.05) is 0 Å². The zero-order valence-electron chi connectivity index (χ0n) is 5.65. The molecule has 0 aromatic heterocycles. The summed E-state index contributed by atoms with van der Waals surface area (Å²) in [6.07, 6.45) is -4.56. The van der Waals surface area contributed by atoms with Crippen molar-refractivity contribution in [1.29, 1.82) is 0 Å². The summed E-state index contributed by atoms with van der Waals surface area (Å²) in [4.78, 5) is 0. The van der Waals surface area contributed by atoms with Crippen molar-refractivity contribution in [3.63, 3.8) is 0 Å². The first-order valence-electron chi connectivity index (χ1n) is 2.95. The number of rotatable bonds is 0. The van der Waals surface area contributed by atoms with Crippen LogP contribution in [-0.2, 0) is 11.3 Å². The minimum atomic E-state index is -4.56. The first-order chi connectivity index (χ1) is 5.43. The van der Waals surface area contributed by atoms with Crippen molar-refractivity contribution < 1.29 is 18.3 Å². The molecule has 0 unspecified atom stereocenters. The van der Waals surface area contributed by atoms with E-state index in [9.17, 15) is 18.3 Å². The molecule has 0 amide bonds. The van der Waals surface area contributed by atoms with Crippen LogP contribution in [0.3, 0.4) is 0 Å². The van der Waals surface area contributed by atoms with Gasteiger partial charge >= 0.3 is 6.18 Å². The molecule has 0 N–H and O–H groups in total. The summed E-state index contributed by atoms with van der Waals surface area (Å²) in [7, 11) is 0. The molecular formula is C7H3ClF3O. The first-order valence-corrected chi connectivity index (χ1v) is 3.33. The molecule has 0 atom stereocenters. The van der Waals surface area contributed by atoms with Crippen LogP contribution < -0.4 is 0 Å². The maximum Gasteiger partial charge on any atom is 0.417 e. The van der Waals surface area contributed by atoms with Gasteiger partial charge in [-0.1, -0.05) is 17.7 Å². The zero-order valence-corrected chi connectivity index (χ0v) is 6.41. The Morgan fingerprint density at radius 2 is 1.83 bits per heavy atom. The molecule has 1 aromatic rings. The molecule has 1 radical (unpaired) electrons. The fraction of sp³-hybridized carbons (Fsp3) is 0.143. The number of alkyl halides is 3. The van der Waals surface area contributed by atoms with Gasteiger partial charge in [-0.05, 0) is 12.1 Å². The van der Waals surface area contributed by atoms with Crippen LogP contribution in [0.15, 0.2) is 18.2 Å². The Morgan fingerprint density at radius 1 is 1.25 bits per heavy atom. The van der Waals surface area contributed by atoms with Crippen LogP contribution in [0.5, 0.6) is 5.75 Å². The molecule has 0 aliphatic rings. The Kier molecular flexibility index (Phi) is 2.19. The van der Waals surface area contributed by atoms with Gasteiger partial charge in [0.25, 0.3) is 0 Å². The smallest absolute Gasteiger partial charge is 0.288 e. The van der Waals surface area contributed by atoms with E-state index in [2.05, 4.69) is 0 Å². The molecule has 0 spiro atoms. The normalized spacial score (nSPS) is 11.7. The molecule has 0 aliphatic carbocycles. The molecule has 0 aliphatic heterocycles. The topological polar surface area (TPSA) is 19.9 Å². The lowest BCUT2D eigenvalue weighted by molar-refractivity contribution is -0.137. The largest absolute Gasteiger partial charge is 0.417 e. The van der Waals surface area contributed by atoms with Gasteiger partial charge in [-0.2, -0.15) is 13.2 Å². The Morgan fingerprint density at radius 3 is 2.25 bits per heavy atom. The van der Waals surface area contributed by atoms with E-state index in [0.29, 0.717) is 0 Å². The second-order valence-electron chi connectivity index (χ2n) is 2.12. The van der Waals surface area contributed by atoms with E-state index >= 15 is 0 Å². The van der Waals surface area contributed by atoms with Crippen LogP contribution >= 0.6 is 11.6 Å². The predicted octanol–water partition coefficient (Wildman–Crippen LogP) is 3.50. The SMILES string of the molecule is [O]c1cccc(C(F)(F)F)c1Cl. The summed E-state index contributed by atoms with van der Waals surface area (Å²) < 4.78 is 36.0. The highest BCUT2D eigenvalue weighted by atomic mass is 35.5. The summed E-state index contributed by atoms with van der Waals surface area (Å²) in [5.74, 6) is -0.813. The average Bonchev–Trinajstić information content (AvgIpc) is 1.92. The minimum Gasteiger partial charge on any atom is -0.288 e. The molecule has 65 valence electrons. The van der Waals surface area contributed by atoms with E-state index in [0.717, 1.165) is 18.2 Å². The van der Waals surface area contributed by atoms with Gasteiger partial charge in [0.1, 0.15) is 5.02 Å². The highest BCUT2D eigenvalue weighted by Crippen LogP contribution is 2.38. The average molecular weight is 196 g/mol. The van der Waals surface area contributed by atoms with Crippen molar-refractivity contribution >= 4 is 11.6 Å². The zero-order chi connectivity index (χ0) is 9.35. The van der Waals surface area contributed by atoms with Crippen LogP contribution in [-0.4, -0.2) is 0 Å². The highest BCUT2D eigenvalue weighted by Gasteiger charge is 2.34. The van der Waals surface area contributed by atoms with Crippen LogP contribution in [0, 0.1) is 0 Å². The van der Waals surface area contributed by atoms with Crippen LogP contribution in [0.4, 0.5) is 13.2 Å². The number of hydrogen-bond acceptors (Lipinski definition) is 0. The van der Waals surface area contributed by atoms with Gasteiger partial charge in [0, 0.05) is 0 Å². The van der Waals surface area contributed by atoms with Crippen molar-refractivity contribution in [2.75, 3.05) is 0 Å². The van der Waals surface area contributed by atoms with Crippen molar-refractivity contribution in [2.24, 2.45) is 0 Å². The Balaban J connectivity index is 3.26. The molecule has 1 rings (SSSR count). The lowest BCUT2D eigenvalue weighted by Crippen LogP contribution is -2.05. The second-order valence-corrected chi connectivity index (χ2v) is 2.49. The van der Waals surface area contributed by atoms with Crippen molar-refractivity contribution in [3.8, 4) is 5.75 Å². The lowest BCUT2D eigenvalue weighted by Gasteiger charge is -2.07. The third-order valence-corrected chi connectivity index (χ3v) is 1.66. The Bertz CT molecular complexity index is 295. The molecule has 5 heteroatoms. The molecule has 1 nitrogen and oxygen atoms in total. The monoisotopic (exact) mass is 195 g/mol. The van der Waals surface area contributed by atoms with E-state index in [1.165, 1.54) is 0 Å². The number of halogens is 4. The number of benzene rings is 1. The molecule has 0 saturated carbocycles. The van der Waals surface area contributed by atoms with E-state index in [1.54, 1.807) is 0 Å². The third-order valence-electron chi connectivity index (χ3n) is 1.27. The summed E-state index contributed by atoms with van der Waals surface area (Å²) in [5.41, 5.74) is -1.09. The maximum atomic E-state index is 12.0. The van der Waals surface area contributed by atoms with E-state index in [-0.39, 0.29) is 0 Å². The predicted molar refractivity (Wildman–Crippen MR) is 36.6 cm³/mol.